The van der Waals surface area contributed by atoms with Gasteiger partial charge in [-0.05, 0) is 116 Å². The Morgan fingerprint density at radius 3 is 1.61 bits per heavy atom. The molecule has 6 nitrogen and oxygen atoms in total. The van der Waals surface area contributed by atoms with E-state index in [1.54, 1.807) is 0 Å². The van der Waals surface area contributed by atoms with Crippen molar-refractivity contribution in [1.29, 1.82) is 0 Å². The summed E-state index contributed by atoms with van der Waals surface area (Å²) in [7, 11) is 0. The lowest BCUT2D eigenvalue weighted by molar-refractivity contribution is 0.487. The maximum Gasteiger partial charge on any atom is 0.238 e. The third-order valence-corrected chi connectivity index (χ3v) is 14.1. The molecule has 1 aliphatic rings. The normalized spacial score (nSPS) is 12.2. The van der Waals surface area contributed by atoms with Crippen LogP contribution in [0.15, 0.2) is 224 Å². The summed E-state index contributed by atoms with van der Waals surface area (Å²) in [6.07, 6.45) is 0. The standard InChI is InChI=1S/C63H37N5O/c1-2-17-46(18-3-1)67-53-22-10-8-19-47(53)50-35-42(29-31-54(50)67)43-30-32-55-52(36-43)59-49-21-12-24-58-60(49)51(48-20-9-11-23-57(48)69-58)37-56(59)68(55)63-65-61(44-27-25-38-13-4-6-15-40(38)33-44)64-62(66-63)45-28-26-39-14-5-7-16-41(39)34-45/h1-37H. The molecule has 0 bridgehead atoms. The minimum absolute atomic E-state index is 0.544. The second kappa shape index (κ2) is 14.6. The number of benzene rings is 11. The Kier molecular flexibility index (Phi) is 7.97. The van der Waals surface area contributed by atoms with Crippen LogP contribution in [0, 0.1) is 0 Å². The van der Waals surface area contributed by atoms with Crippen molar-refractivity contribution in [3.63, 3.8) is 0 Å². The van der Waals surface area contributed by atoms with Crippen LogP contribution in [0.2, 0.25) is 0 Å². The van der Waals surface area contributed by atoms with E-state index >= 15 is 0 Å². The molecule has 0 saturated heterocycles. The monoisotopic (exact) mass is 879 g/mol. The number of aromatic nitrogens is 5. The largest absolute Gasteiger partial charge is 0.456 e. The van der Waals surface area contributed by atoms with E-state index in [0.717, 1.165) is 105 Å². The van der Waals surface area contributed by atoms with E-state index in [0.29, 0.717) is 17.6 Å². The number of hydrogen-bond acceptors (Lipinski definition) is 4. The van der Waals surface area contributed by atoms with Crippen molar-refractivity contribution >= 4 is 75.9 Å². The van der Waals surface area contributed by atoms with Gasteiger partial charge in [0.25, 0.3) is 0 Å². The summed E-state index contributed by atoms with van der Waals surface area (Å²) in [6, 6.07) is 79.9. The van der Waals surface area contributed by atoms with Gasteiger partial charge in [-0.2, -0.15) is 9.97 Å². The highest BCUT2D eigenvalue weighted by Crippen LogP contribution is 2.51. The molecule has 0 spiro atoms. The van der Waals surface area contributed by atoms with Crippen molar-refractivity contribution in [2.24, 2.45) is 0 Å². The van der Waals surface area contributed by atoms with Gasteiger partial charge in [0.15, 0.2) is 11.6 Å². The summed E-state index contributed by atoms with van der Waals surface area (Å²) in [5, 5.41) is 11.4. The molecule has 0 unspecified atom stereocenters. The van der Waals surface area contributed by atoms with Gasteiger partial charge < -0.3 is 9.30 Å². The molecule has 6 heteroatoms. The van der Waals surface area contributed by atoms with Gasteiger partial charge in [-0.15, -0.1) is 0 Å². The lowest BCUT2D eigenvalue weighted by atomic mass is 9.91. The fraction of sp³-hybridized carbons (Fsp3) is 0. The maximum absolute atomic E-state index is 6.65. The van der Waals surface area contributed by atoms with Gasteiger partial charge in [-0.1, -0.05) is 152 Å². The minimum Gasteiger partial charge on any atom is -0.456 e. The van der Waals surface area contributed by atoms with Gasteiger partial charge in [0.05, 0.1) is 22.1 Å². The van der Waals surface area contributed by atoms with E-state index in [2.05, 4.69) is 228 Å². The van der Waals surface area contributed by atoms with Gasteiger partial charge >= 0.3 is 0 Å². The van der Waals surface area contributed by atoms with Gasteiger partial charge in [-0.3, -0.25) is 4.57 Å². The zero-order chi connectivity index (χ0) is 45.2. The Hall–Kier alpha value is -9.39. The molecule has 69 heavy (non-hydrogen) atoms. The third kappa shape index (κ3) is 5.76. The number of para-hydroxylation sites is 3. The predicted molar refractivity (Wildman–Crippen MR) is 283 cm³/mol. The van der Waals surface area contributed by atoms with Gasteiger partial charge in [0, 0.05) is 49.3 Å². The molecule has 11 aromatic carbocycles. The molecule has 0 amide bonds. The van der Waals surface area contributed by atoms with Gasteiger partial charge in [0.2, 0.25) is 5.95 Å². The van der Waals surface area contributed by atoms with Crippen LogP contribution in [-0.4, -0.2) is 24.1 Å². The second-order valence-corrected chi connectivity index (χ2v) is 18.0. The van der Waals surface area contributed by atoms with E-state index in [-0.39, 0.29) is 0 Å². The maximum atomic E-state index is 6.65. The first-order valence-electron chi connectivity index (χ1n) is 23.3. The first-order valence-corrected chi connectivity index (χ1v) is 23.3. The molecule has 0 atom stereocenters. The fourth-order valence-electron chi connectivity index (χ4n) is 10.9. The molecule has 0 aliphatic carbocycles. The smallest absolute Gasteiger partial charge is 0.238 e. The highest BCUT2D eigenvalue weighted by Gasteiger charge is 2.26. The summed E-state index contributed by atoms with van der Waals surface area (Å²) in [6.45, 7) is 0. The lowest BCUT2D eigenvalue weighted by Gasteiger charge is -2.22. The van der Waals surface area contributed by atoms with Crippen LogP contribution >= 0.6 is 0 Å². The van der Waals surface area contributed by atoms with Gasteiger partial charge in [0.1, 0.15) is 11.5 Å². The molecule has 1 aliphatic heterocycles. The Labute approximate surface area is 395 Å². The summed E-state index contributed by atoms with van der Waals surface area (Å²) in [5.74, 6) is 3.43. The van der Waals surface area contributed by atoms with E-state index in [9.17, 15) is 0 Å². The van der Waals surface area contributed by atoms with Gasteiger partial charge in [-0.25, -0.2) is 4.98 Å². The minimum atomic E-state index is 0.544. The molecular weight excluding hydrogens is 843 g/mol. The van der Waals surface area contributed by atoms with Crippen LogP contribution < -0.4 is 4.74 Å². The average Bonchev–Trinajstić information content (AvgIpc) is 3.93. The van der Waals surface area contributed by atoms with Crippen molar-refractivity contribution in [3.05, 3.63) is 224 Å². The number of ether oxygens (including phenoxy) is 1. The number of nitrogens with zero attached hydrogens (tertiary/aromatic N) is 5. The fourth-order valence-corrected chi connectivity index (χ4v) is 10.9. The van der Waals surface area contributed by atoms with E-state index in [1.165, 1.54) is 21.8 Å². The topological polar surface area (TPSA) is 57.8 Å². The quantitative estimate of drug-likeness (QED) is 0.173. The first-order chi connectivity index (χ1) is 34.2. The Bertz CT molecular complexity index is 4370. The zero-order valence-corrected chi connectivity index (χ0v) is 37.0. The van der Waals surface area contributed by atoms with Crippen LogP contribution in [0.25, 0.3) is 133 Å². The molecular formula is C63H37N5O. The molecule has 3 aromatic heterocycles. The highest BCUT2D eigenvalue weighted by molar-refractivity contribution is 6.26. The number of hydrogen-bond donors (Lipinski definition) is 0. The summed E-state index contributed by atoms with van der Waals surface area (Å²) < 4.78 is 11.3. The third-order valence-electron chi connectivity index (χ3n) is 14.1. The van der Waals surface area contributed by atoms with Crippen LogP contribution in [0.1, 0.15) is 0 Å². The van der Waals surface area contributed by atoms with E-state index in [4.69, 9.17) is 19.7 Å². The summed E-state index contributed by atoms with van der Waals surface area (Å²) >= 11 is 0. The van der Waals surface area contributed by atoms with E-state index in [1.807, 2.05) is 6.07 Å². The Morgan fingerprint density at radius 1 is 0.304 bits per heavy atom. The van der Waals surface area contributed by atoms with Crippen molar-refractivity contribution in [1.82, 2.24) is 24.1 Å². The van der Waals surface area contributed by atoms with Crippen molar-refractivity contribution < 1.29 is 4.74 Å². The zero-order valence-electron chi connectivity index (χ0n) is 37.0. The van der Waals surface area contributed by atoms with Crippen molar-refractivity contribution in [3.8, 4) is 68.2 Å². The second-order valence-electron chi connectivity index (χ2n) is 18.0. The van der Waals surface area contributed by atoms with E-state index < -0.39 is 0 Å². The number of fused-ring (bicyclic) bond motifs is 11. The molecule has 320 valence electrons. The molecule has 15 rings (SSSR count). The molecule has 0 N–H and O–H groups in total. The molecule has 0 fully saturated rings. The molecule has 0 radical (unpaired) electrons. The first kappa shape index (κ1) is 37.8. The number of rotatable bonds is 5. The van der Waals surface area contributed by atoms with Crippen molar-refractivity contribution in [2.45, 2.75) is 0 Å². The average molecular weight is 880 g/mol. The van der Waals surface area contributed by atoms with Crippen LogP contribution in [0.3, 0.4) is 0 Å². The molecule has 4 heterocycles. The summed E-state index contributed by atoms with van der Waals surface area (Å²) in [5.41, 5.74) is 11.7. The van der Waals surface area contributed by atoms with Crippen LogP contribution in [0.5, 0.6) is 11.5 Å². The van der Waals surface area contributed by atoms with Crippen LogP contribution in [-0.2, 0) is 0 Å². The van der Waals surface area contributed by atoms with Crippen molar-refractivity contribution in [2.75, 3.05) is 0 Å². The summed E-state index contributed by atoms with van der Waals surface area (Å²) in [4.78, 5) is 16.1. The lowest BCUT2D eigenvalue weighted by Crippen LogP contribution is -2.07. The molecule has 0 saturated carbocycles. The van der Waals surface area contributed by atoms with Crippen LogP contribution in [0.4, 0.5) is 0 Å². The highest BCUT2D eigenvalue weighted by atomic mass is 16.5. The Balaban J connectivity index is 1.02. The molecule has 14 aromatic rings. The Morgan fingerprint density at radius 2 is 0.870 bits per heavy atom. The predicted octanol–water partition coefficient (Wildman–Crippen LogP) is 16.3. The SMILES string of the molecule is c1ccc(-n2c3ccccc3c3cc(-c4ccc5c(c4)c4c6cccc7c6c(cc4n5-c4nc(-c5ccc6ccccc6c5)nc(-c5ccc6ccccc6c5)n4)-c4ccccc4O7)ccc32)cc1.